The first kappa shape index (κ1) is 17.4. The Hall–Kier alpha value is -2.40. The van der Waals surface area contributed by atoms with Crippen LogP contribution in [-0.4, -0.2) is 18.4 Å². The summed E-state index contributed by atoms with van der Waals surface area (Å²) in [5.74, 6) is -0.903. The van der Waals surface area contributed by atoms with Crippen molar-refractivity contribution >= 4 is 29.1 Å². The number of amides is 2. The molecule has 0 heterocycles. The number of para-hydroxylation sites is 1. The quantitative estimate of drug-likeness (QED) is 0.774. The highest BCUT2D eigenvalue weighted by Crippen LogP contribution is 2.47. The largest absolute Gasteiger partial charge is 0.355 e. The number of carbonyl (C=O) groups excluding carboxylic acids is 2. The van der Waals surface area contributed by atoms with Crippen LogP contribution < -0.4 is 10.6 Å². The molecule has 2 amide bonds. The molecule has 0 atom stereocenters. The van der Waals surface area contributed by atoms with E-state index in [1.807, 2.05) is 0 Å². The van der Waals surface area contributed by atoms with E-state index in [1.54, 1.807) is 36.4 Å². The molecule has 1 fully saturated rings. The van der Waals surface area contributed by atoms with Crippen molar-refractivity contribution in [1.82, 2.24) is 5.32 Å². The van der Waals surface area contributed by atoms with Crippen LogP contribution in [0.3, 0.4) is 0 Å². The zero-order valence-electron chi connectivity index (χ0n) is 13.5. The molecule has 0 radical (unpaired) electrons. The minimum Gasteiger partial charge on any atom is -0.355 e. The van der Waals surface area contributed by atoms with Gasteiger partial charge in [0.2, 0.25) is 11.8 Å². The SMILES string of the molecule is O=C(NCCc1ccc(F)cc1)C1(C(=O)Nc2ccccc2Cl)CC1. The highest BCUT2D eigenvalue weighted by molar-refractivity contribution is 6.34. The summed E-state index contributed by atoms with van der Waals surface area (Å²) in [7, 11) is 0. The van der Waals surface area contributed by atoms with E-state index < -0.39 is 5.41 Å². The van der Waals surface area contributed by atoms with E-state index in [4.69, 9.17) is 11.6 Å². The summed E-state index contributed by atoms with van der Waals surface area (Å²) in [4.78, 5) is 24.9. The number of nitrogens with one attached hydrogen (secondary N) is 2. The monoisotopic (exact) mass is 360 g/mol. The van der Waals surface area contributed by atoms with Crippen LogP contribution in [0, 0.1) is 11.2 Å². The topological polar surface area (TPSA) is 58.2 Å². The average Bonchev–Trinajstić information content (AvgIpc) is 3.40. The zero-order chi connectivity index (χ0) is 17.9. The highest BCUT2D eigenvalue weighted by Gasteiger charge is 2.56. The van der Waals surface area contributed by atoms with Gasteiger partial charge in [0.25, 0.3) is 0 Å². The van der Waals surface area contributed by atoms with Gasteiger partial charge < -0.3 is 10.6 Å². The van der Waals surface area contributed by atoms with Gasteiger partial charge in [-0.05, 0) is 49.1 Å². The molecular formula is C19H18ClFN2O2. The van der Waals surface area contributed by atoms with E-state index >= 15 is 0 Å². The van der Waals surface area contributed by atoms with Crippen molar-refractivity contribution in [2.45, 2.75) is 19.3 Å². The maximum absolute atomic E-state index is 12.9. The molecule has 4 nitrogen and oxygen atoms in total. The summed E-state index contributed by atoms with van der Waals surface area (Å²) < 4.78 is 12.9. The first-order valence-electron chi connectivity index (χ1n) is 8.10. The van der Waals surface area contributed by atoms with Gasteiger partial charge >= 0.3 is 0 Å². The van der Waals surface area contributed by atoms with Crippen molar-refractivity contribution in [2.75, 3.05) is 11.9 Å². The Labute approximate surface area is 150 Å². The minimum absolute atomic E-state index is 0.279. The second-order valence-electron chi connectivity index (χ2n) is 6.15. The summed E-state index contributed by atoms with van der Waals surface area (Å²) >= 11 is 6.04. The maximum Gasteiger partial charge on any atom is 0.240 e. The third-order valence-electron chi connectivity index (χ3n) is 4.35. The summed E-state index contributed by atoms with van der Waals surface area (Å²) in [6.45, 7) is 0.394. The zero-order valence-corrected chi connectivity index (χ0v) is 14.3. The van der Waals surface area contributed by atoms with Gasteiger partial charge in [0.1, 0.15) is 11.2 Å². The lowest BCUT2D eigenvalue weighted by atomic mass is 10.0. The van der Waals surface area contributed by atoms with E-state index in [0.29, 0.717) is 36.5 Å². The summed E-state index contributed by atoms with van der Waals surface area (Å²) in [6, 6.07) is 13.0. The smallest absolute Gasteiger partial charge is 0.240 e. The second kappa shape index (κ2) is 7.23. The van der Waals surface area contributed by atoms with E-state index in [0.717, 1.165) is 5.56 Å². The highest BCUT2D eigenvalue weighted by atomic mass is 35.5. The van der Waals surface area contributed by atoms with Crippen molar-refractivity contribution in [3.63, 3.8) is 0 Å². The fourth-order valence-electron chi connectivity index (χ4n) is 2.63. The van der Waals surface area contributed by atoms with Gasteiger partial charge in [-0.2, -0.15) is 0 Å². The second-order valence-corrected chi connectivity index (χ2v) is 6.56. The minimum atomic E-state index is -1.01. The first-order chi connectivity index (χ1) is 12.0. The summed E-state index contributed by atoms with van der Waals surface area (Å²) in [5, 5.41) is 5.97. The Bertz CT molecular complexity index is 788. The molecule has 0 spiro atoms. The van der Waals surface area contributed by atoms with Gasteiger partial charge in [0, 0.05) is 6.54 Å². The lowest BCUT2D eigenvalue weighted by Gasteiger charge is -2.16. The summed E-state index contributed by atoms with van der Waals surface area (Å²) in [6.07, 6.45) is 1.62. The van der Waals surface area contributed by atoms with Gasteiger partial charge in [-0.3, -0.25) is 9.59 Å². The van der Waals surface area contributed by atoms with E-state index in [9.17, 15) is 14.0 Å². The molecule has 3 rings (SSSR count). The molecule has 1 saturated carbocycles. The summed E-state index contributed by atoms with van der Waals surface area (Å²) in [5.41, 5.74) is 0.411. The lowest BCUT2D eigenvalue weighted by molar-refractivity contribution is -0.134. The van der Waals surface area contributed by atoms with Gasteiger partial charge in [-0.15, -0.1) is 0 Å². The number of benzene rings is 2. The number of carbonyl (C=O) groups is 2. The number of hydrogen-bond donors (Lipinski definition) is 2. The van der Waals surface area contributed by atoms with Crippen molar-refractivity contribution in [3.05, 3.63) is 64.9 Å². The molecule has 0 saturated heterocycles. The molecule has 25 heavy (non-hydrogen) atoms. The Kier molecular flexibility index (Phi) is 5.04. The van der Waals surface area contributed by atoms with Crippen molar-refractivity contribution in [1.29, 1.82) is 0 Å². The molecule has 6 heteroatoms. The van der Waals surface area contributed by atoms with Crippen molar-refractivity contribution in [2.24, 2.45) is 5.41 Å². The van der Waals surface area contributed by atoms with Crippen LogP contribution in [0.15, 0.2) is 48.5 Å². The van der Waals surface area contributed by atoms with Gasteiger partial charge in [0.15, 0.2) is 0 Å². The number of anilines is 1. The third kappa shape index (κ3) is 3.99. The number of rotatable bonds is 6. The molecule has 130 valence electrons. The Balaban J connectivity index is 1.55. The van der Waals surface area contributed by atoms with Crippen molar-refractivity contribution in [3.8, 4) is 0 Å². The molecule has 2 aromatic carbocycles. The molecule has 0 bridgehead atoms. The predicted molar refractivity (Wildman–Crippen MR) is 94.9 cm³/mol. The van der Waals surface area contributed by atoms with E-state index in [-0.39, 0.29) is 17.6 Å². The van der Waals surface area contributed by atoms with Crippen LogP contribution in [0.4, 0.5) is 10.1 Å². The molecule has 0 aromatic heterocycles. The van der Waals surface area contributed by atoms with Gasteiger partial charge in [0.05, 0.1) is 10.7 Å². The van der Waals surface area contributed by atoms with Gasteiger partial charge in [-0.1, -0.05) is 35.9 Å². The Morgan fingerprint density at radius 1 is 1.04 bits per heavy atom. The Morgan fingerprint density at radius 2 is 1.72 bits per heavy atom. The van der Waals surface area contributed by atoms with E-state index in [1.165, 1.54) is 12.1 Å². The lowest BCUT2D eigenvalue weighted by Crippen LogP contribution is -2.40. The van der Waals surface area contributed by atoms with Crippen LogP contribution in [0.1, 0.15) is 18.4 Å². The number of hydrogen-bond acceptors (Lipinski definition) is 2. The van der Waals surface area contributed by atoms with Crippen molar-refractivity contribution < 1.29 is 14.0 Å². The van der Waals surface area contributed by atoms with Gasteiger partial charge in [-0.25, -0.2) is 4.39 Å². The molecule has 0 unspecified atom stereocenters. The fourth-order valence-corrected chi connectivity index (χ4v) is 2.81. The first-order valence-corrected chi connectivity index (χ1v) is 8.48. The van der Waals surface area contributed by atoms with E-state index in [2.05, 4.69) is 10.6 Å². The Morgan fingerprint density at radius 3 is 2.36 bits per heavy atom. The van der Waals surface area contributed by atoms with Crippen LogP contribution in [-0.2, 0) is 16.0 Å². The maximum atomic E-state index is 12.9. The van der Waals surface area contributed by atoms with Crippen LogP contribution in [0.2, 0.25) is 5.02 Å². The molecule has 0 aliphatic heterocycles. The fraction of sp³-hybridized carbons (Fsp3) is 0.263. The molecule has 1 aliphatic rings. The van der Waals surface area contributed by atoms with Crippen LogP contribution in [0.25, 0.3) is 0 Å². The van der Waals surface area contributed by atoms with Crippen LogP contribution >= 0.6 is 11.6 Å². The molecular weight excluding hydrogens is 343 g/mol. The normalized spacial score (nSPS) is 14.6. The standard InChI is InChI=1S/C19H18ClFN2O2/c20-15-3-1-2-4-16(15)23-18(25)19(10-11-19)17(24)22-12-9-13-5-7-14(21)8-6-13/h1-8H,9-12H2,(H,22,24)(H,23,25). The molecule has 2 aromatic rings. The number of halogens is 2. The third-order valence-corrected chi connectivity index (χ3v) is 4.68. The molecule has 1 aliphatic carbocycles. The predicted octanol–water partition coefficient (Wildman–Crippen LogP) is 3.56. The average molecular weight is 361 g/mol. The van der Waals surface area contributed by atoms with Crippen LogP contribution in [0.5, 0.6) is 0 Å². The molecule has 2 N–H and O–H groups in total.